The van der Waals surface area contributed by atoms with Gasteiger partial charge in [-0.05, 0) is 34.3 Å². The molecule has 0 amide bonds. The van der Waals surface area contributed by atoms with Crippen molar-refractivity contribution >= 4 is 38.9 Å². The Bertz CT molecular complexity index is 288. The first-order chi connectivity index (χ1) is 7.08. The van der Waals surface area contributed by atoms with E-state index in [1.54, 1.807) is 11.3 Å². The highest BCUT2D eigenvalue weighted by Crippen LogP contribution is 2.19. The quantitative estimate of drug-likeness (QED) is 0.774. The molecule has 0 spiro atoms. The molecule has 1 aromatic heterocycles. The molecule has 1 aromatic rings. The van der Waals surface area contributed by atoms with Crippen molar-refractivity contribution in [1.82, 2.24) is 5.32 Å². The van der Waals surface area contributed by atoms with E-state index in [4.69, 9.17) is 11.6 Å². The summed E-state index contributed by atoms with van der Waals surface area (Å²) in [5, 5.41) is 5.72. The van der Waals surface area contributed by atoms with Crippen LogP contribution >= 0.6 is 38.9 Å². The number of nitrogens with one attached hydrogen (secondary N) is 1. The second kappa shape index (κ2) is 6.89. The first kappa shape index (κ1) is 13.5. The summed E-state index contributed by atoms with van der Waals surface area (Å²) in [6.45, 7) is 6.20. The Morgan fingerprint density at radius 1 is 1.53 bits per heavy atom. The van der Waals surface area contributed by atoms with Crippen molar-refractivity contribution in [2.75, 3.05) is 6.54 Å². The molecule has 0 radical (unpaired) electrons. The van der Waals surface area contributed by atoms with Gasteiger partial charge in [0.05, 0.1) is 0 Å². The average molecular weight is 311 g/mol. The lowest BCUT2D eigenvalue weighted by atomic mass is 10.1. The third kappa shape index (κ3) is 5.91. The summed E-state index contributed by atoms with van der Waals surface area (Å²) in [7, 11) is 0. The monoisotopic (exact) mass is 309 g/mol. The molecule has 0 aliphatic heterocycles. The summed E-state index contributed by atoms with van der Waals surface area (Å²) < 4.78 is 1.16. The SMILES string of the molecule is CC(C)CC(Cl)CNCc1cc(Br)cs1. The van der Waals surface area contributed by atoms with Crippen LogP contribution in [0, 0.1) is 5.92 Å². The molecule has 0 aromatic carbocycles. The van der Waals surface area contributed by atoms with Crippen molar-refractivity contribution in [3.63, 3.8) is 0 Å². The van der Waals surface area contributed by atoms with E-state index in [1.807, 2.05) is 0 Å². The summed E-state index contributed by atoms with van der Waals surface area (Å²) in [4.78, 5) is 1.34. The molecule has 0 fully saturated rings. The standard InChI is InChI=1S/C11H17BrClNS/c1-8(2)3-10(13)5-14-6-11-4-9(12)7-15-11/h4,7-8,10,14H,3,5-6H2,1-2H3. The second-order valence-corrected chi connectivity index (χ2v) is 6.62. The minimum Gasteiger partial charge on any atom is -0.310 e. The fourth-order valence-electron chi connectivity index (χ4n) is 1.39. The predicted octanol–water partition coefficient (Wildman–Crippen LogP) is 4.25. The Morgan fingerprint density at radius 2 is 2.27 bits per heavy atom. The molecular formula is C11H17BrClNS. The van der Waals surface area contributed by atoms with Gasteiger partial charge in [-0.2, -0.15) is 0 Å². The van der Waals surface area contributed by atoms with E-state index in [-0.39, 0.29) is 5.38 Å². The first-order valence-electron chi connectivity index (χ1n) is 5.15. The van der Waals surface area contributed by atoms with E-state index in [9.17, 15) is 0 Å². The summed E-state index contributed by atoms with van der Waals surface area (Å²) in [5.41, 5.74) is 0. The molecule has 0 bridgehead atoms. The highest BCUT2D eigenvalue weighted by atomic mass is 79.9. The normalized spacial score (nSPS) is 13.4. The fourth-order valence-corrected chi connectivity index (χ4v) is 3.28. The summed E-state index contributed by atoms with van der Waals surface area (Å²) in [6, 6.07) is 2.14. The summed E-state index contributed by atoms with van der Waals surface area (Å²) in [5.74, 6) is 0.671. The van der Waals surface area contributed by atoms with Crippen LogP contribution in [-0.2, 0) is 6.54 Å². The fraction of sp³-hybridized carbons (Fsp3) is 0.636. The van der Waals surface area contributed by atoms with Crippen molar-refractivity contribution in [3.05, 3.63) is 20.8 Å². The van der Waals surface area contributed by atoms with Gasteiger partial charge >= 0.3 is 0 Å². The van der Waals surface area contributed by atoms with Crippen LogP contribution in [0.15, 0.2) is 15.9 Å². The molecule has 1 nitrogen and oxygen atoms in total. The van der Waals surface area contributed by atoms with E-state index in [2.05, 4.69) is 46.5 Å². The van der Waals surface area contributed by atoms with E-state index in [0.29, 0.717) is 5.92 Å². The highest BCUT2D eigenvalue weighted by molar-refractivity contribution is 9.10. The number of thiophene rings is 1. The molecule has 0 saturated carbocycles. The zero-order valence-electron chi connectivity index (χ0n) is 9.09. The molecular weight excluding hydrogens is 294 g/mol. The summed E-state index contributed by atoms with van der Waals surface area (Å²) >= 11 is 11.4. The minimum atomic E-state index is 0.244. The Balaban J connectivity index is 2.16. The van der Waals surface area contributed by atoms with Crippen molar-refractivity contribution in [1.29, 1.82) is 0 Å². The van der Waals surface area contributed by atoms with Gasteiger partial charge in [0.2, 0.25) is 0 Å². The number of hydrogen-bond acceptors (Lipinski definition) is 2. The number of alkyl halides is 1. The number of rotatable bonds is 6. The van der Waals surface area contributed by atoms with E-state index < -0.39 is 0 Å². The Labute approximate surface area is 109 Å². The van der Waals surface area contributed by atoms with Gasteiger partial charge in [-0.15, -0.1) is 22.9 Å². The van der Waals surface area contributed by atoms with Crippen LogP contribution in [0.5, 0.6) is 0 Å². The van der Waals surface area contributed by atoms with Gasteiger partial charge in [-0.25, -0.2) is 0 Å². The van der Waals surface area contributed by atoms with Crippen LogP contribution in [0.2, 0.25) is 0 Å². The lowest BCUT2D eigenvalue weighted by molar-refractivity contribution is 0.534. The molecule has 1 N–H and O–H groups in total. The van der Waals surface area contributed by atoms with E-state index >= 15 is 0 Å². The van der Waals surface area contributed by atoms with Crippen LogP contribution in [0.25, 0.3) is 0 Å². The highest BCUT2D eigenvalue weighted by Gasteiger charge is 2.06. The lowest BCUT2D eigenvalue weighted by Gasteiger charge is -2.12. The molecule has 0 aliphatic rings. The molecule has 1 unspecified atom stereocenters. The molecule has 15 heavy (non-hydrogen) atoms. The zero-order valence-corrected chi connectivity index (χ0v) is 12.3. The maximum atomic E-state index is 6.18. The molecule has 1 atom stereocenters. The summed E-state index contributed by atoms with van der Waals surface area (Å²) in [6.07, 6.45) is 1.07. The van der Waals surface area contributed by atoms with E-state index in [1.165, 1.54) is 4.88 Å². The second-order valence-electron chi connectivity index (χ2n) is 4.09. The van der Waals surface area contributed by atoms with Gasteiger partial charge in [0, 0.05) is 33.2 Å². The lowest BCUT2D eigenvalue weighted by Crippen LogP contribution is -2.23. The van der Waals surface area contributed by atoms with Crippen LogP contribution in [-0.4, -0.2) is 11.9 Å². The van der Waals surface area contributed by atoms with Crippen LogP contribution in [0.1, 0.15) is 25.1 Å². The van der Waals surface area contributed by atoms with Gasteiger partial charge in [0.25, 0.3) is 0 Å². The largest absolute Gasteiger partial charge is 0.310 e. The van der Waals surface area contributed by atoms with Crippen LogP contribution < -0.4 is 5.32 Å². The van der Waals surface area contributed by atoms with Crippen LogP contribution in [0.3, 0.4) is 0 Å². The first-order valence-corrected chi connectivity index (χ1v) is 7.26. The Morgan fingerprint density at radius 3 is 2.80 bits per heavy atom. The van der Waals surface area contributed by atoms with Crippen molar-refractivity contribution in [2.24, 2.45) is 5.92 Å². The topological polar surface area (TPSA) is 12.0 Å². The average Bonchev–Trinajstić information content (AvgIpc) is 2.50. The van der Waals surface area contributed by atoms with E-state index in [0.717, 1.165) is 24.0 Å². The molecule has 1 heterocycles. The minimum absolute atomic E-state index is 0.244. The maximum Gasteiger partial charge on any atom is 0.0463 e. The van der Waals surface area contributed by atoms with Crippen molar-refractivity contribution < 1.29 is 0 Å². The predicted molar refractivity (Wildman–Crippen MR) is 72.8 cm³/mol. The van der Waals surface area contributed by atoms with Gasteiger partial charge in [-0.1, -0.05) is 13.8 Å². The van der Waals surface area contributed by atoms with Crippen molar-refractivity contribution in [2.45, 2.75) is 32.2 Å². The third-order valence-corrected chi connectivity index (χ3v) is 4.04. The van der Waals surface area contributed by atoms with Gasteiger partial charge in [-0.3, -0.25) is 0 Å². The molecule has 1 rings (SSSR count). The van der Waals surface area contributed by atoms with Gasteiger partial charge < -0.3 is 5.32 Å². The van der Waals surface area contributed by atoms with Gasteiger partial charge in [0.15, 0.2) is 0 Å². The number of halogens is 2. The molecule has 86 valence electrons. The van der Waals surface area contributed by atoms with Crippen molar-refractivity contribution in [3.8, 4) is 0 Å². The smallest absolute Gasteiger partial charge is 0.0463 e. The molecule has 4 heteroatoms. The Hall–Kier alpha value is 0.430. The maximum absolute atomic E-state index is 6.18. The van der Waals surface area contributed by atoms with Gasteiger partial charge in [0.1, 0.15) is 0 Å². The number of hydrogen-bond donors (Lipinski definition) is 1. The molecule has 0 aliphatic carbocycles. The molecule has 0 saturated heterocycles. The third-order valence-electron chi connectivity index (χ3n) is 2.01. The Kier molecular flexibility index (Phi) is 6.20. The van der Waals surface area contributed by atoms with Crippen LogP contribution in [0.4, 0.5) is 0 Å². The zero-order chi connectivity index (χ0) is 11.3.